The maximum Gasteiger partial charge on any atom is 0.305 e. The standard InChI is InChI=1S/C37H63NO9Si3/c1-25(26(2)45-48(4,5)6)34-32(44-34)21-28-24-42-31(36(47-50(10,11)12)35(28)46-49(7,8)9)22-30-23-38-37(43-30)27-16-18-29(19-17-27)41-20-14-13-15-33(39)40-3/h16-19,23,25-26,28,31-32,34-36H,13-15,20-22,24H2,1-12H3/t25-,26+,28+,31+,32+,34+,35-,36-/m1/s1. The molecule has 2 aromatic rings. The molecule has 1 aromatic heterocycles. The largest absolute Gasteiger partial charge is 0.494 e. The number of hydrogen-bond acceptors (Lipinski definition) is 10. The van der Waals surface area contributed by atoms with Crippen molar-refractivity contribution in [3.05, 3.63) is 36.2 Å². The molecule has 0 unspecified atom stereocenters. The van der Waals surface area contributed by atoms with E-state index in [-0.39, 0.29) is 48.5 Å². The number of rotatable bonds is 19. The minimum absolute atomic E-state index is 0.0987. The minimum Gasteiger partial charge on any atom is -0.494 e. The Balaban J connectivity index is 1.41. The summed E-state index contributed by atoms with van der Waals surface area (Å²) in [4.78, 5) is 15.9. The van der Waals surface area contributed by atoms with E-state index in [1.165, 1.54) is 7.11 Å². The summed E-state index contributed by atoms with van der Waals surface area (Å²) in [7, 11) is -4.16. The molecule has 4 rings (SSSR count). The fraction of sp³-hybridized carbons (Fsp3) is 0.730. The van der Waals surface area contributed by atoms with E-state index >= 15 is 0 Å². The Morgan fingerprint density at radius 2 is 1.56 bits per heavy atom. The summed E-state index contributed by atoms with van der Waals surface area (Å²) in [6.07, 6.45) is 5.08. The number of nitrogens with zero attached hydrogens (tertiary/aromatic N) is 1. The lowest BCUT2D eigenvalue weighted by Crippen LogP contribution is -2.58. The molecule has 282 valence electrons. The van der Waals surface area contributed by atoms with Gasteiger partial charge in [0.05, 0.1) is 57.0 Å². The molecular formula is C37H63NO9Si3. The Labute approximate surface area is 303 Å². The molecule has 13 heteroatoms. The van der Waals surface area contributed by atoms with Crippen molar-refractivity contribution in [2.24, 2.45) is 11.8 Å². The Morgan fingerprint density at radius 3 is 2.18 bits per heavy atom. The van der Waals surface area contributed by atoms with Gasteiger partial charge in [0.25, 0.3) is 0 Å². The first-order valence-electron chi connectivity index (χ1n) is 18.4. The lowest BCUT2D eigenvalue weighted by Gasteiger charge is -2.47. The van der Waals surface area contributed by atoms with Crippen LogP contribution < -0.4 is 4.74 Å². The third-order valence-electron chi connectivity index (χ3n) is 8.94. The van der Waals surface area contributed by atoms with Crippen LogP contribution in [0.4, 0.5) is 0 Å². The molecule has 1 aromatic carbocycles. The van der Waals surface area contributed by atoms with E-state index in [0.717, 1.165) is 36.3 Å². The second-order valence-corrected chi connectivity index (χ2v) is 30.3. The molecule has 8 atom stereocenters. The molecule has 2 aliphatic heterocycles. The van der Waals surface area contributed by atoms with Gasteiger partial charge >= 0.3 is 5.97 Å². The summed E-state index contributed by atoms with van der Waals surface area (Å²) in [5, 5.41) is 0. The maximum absolute atomic E-state index is 11.3. The number of aromatic nitrogens is 1. The van der Waals surface area contributed by atoms with E-state index in [9.17, 15) is 4.79 Å². The molecule has 2 fully saturated rings. The van der Waals surface area contributed by atoms with E-state index in [2.05, 4.69) is 82.5 Å². The predicted octanol–water partition coefficient (Wildman–Crippen LogP) is 8.10. The quantitative estimate of drug-likeness (QED) is 0.0605. The lowest BCUT2D eigenvalue weighted by atomic mass is 9.86. The van der Waals surface area contributed by atoms with Crippen molar-refractivity contribution < 1.29 is 41.4 Å². The lowest BCUT2D eigenvalue weighted by molar-refractivity contribution is -0.153. The van der Waals surface area contributed by atoms with Gasteiger partial charge in [-0.05, 0) is 109 Å². The van der Waals surface area contributed by atoms with Gasteiger partial charge in [0.2, 0.25) is 5.89 Å². The summed E-state index contributed by atoms with van der Waals surface area (Å²) >= 11 is 0. The van der Waals surface area contributed by atoms with Crippen molar-refractivity contribution in [1.82, 2.24) is 4.98 Å². The highest BCUT2D eigenvalue weighted by Crippen LogP contribution is 2.41. The first kappa shape index (κ1) is 40.9. The fourth-order valence-corrected chi connectivity index (χ4v) is 10.1. The molecule has 0 radical (unpaired) electrons. The average Bonchev–Trinajstić information content (AvgIpc) is 3.62. The Bertz CT molecular complexity index is 1350. The van der Waals surface area contributed by atoms with Crippen LogP contribution in [0.3, 0.4) is 0 Å². The minimum atomic E-state index is -1.99. The molecule has 3 heterocycles. The van der Waals surface area contributed by atoms with Crippen LogP contribution in [-0.4, -0.2) is 92.9 Å². The van der Waals surface area contributed by atoms with E-state index in [4.69, 9.17) is 31.9 Å². The summed E-state index contributed by atoms with van der Waals surface area (Å²) < 4.78 is 50.1. The highest BCUT2D eigenvalue weighted by atomic mass is 28.4. The number of oxazole rings is 1. The predicted molar refractivity (Wildman–Crippen MR) is 203 cm³/mol. The third-order valence-corrected chi connectivity index (χ3v) is 12.0. The van der Waals surface area contributed by atoms with Gasteiger partial charge in [-0.1, -0.05) is 6.92 Å². The number of benzene rings is 1. The molecule has 0 spiro atoms. The molecule has 2 aliphatic rings. The third kappa shape index (κ3) is 13.0. The zero-order valence-electron chi connectivity index (χ0n) is 32.6. The number of carbonyl (C=O) groups excluding carboxylic acids is 1. The number of ether oxygens (including phenoxy) is 4. The van der Waals surface area contributed by atoms with E-state index in [1.807, 2.05) is 24.3 Å². The molecule has 0 amide bonds. The highest BCUT2D eigenvalue weighted by molar-refractivity contribution is 6.70. The molecule has 0 N–H and O–H groups in total. The van der Waals surface area contributed by atoms with Gasteiger partial charge in [-0.3, -0.25) is 4.79 Å². The normalized spacial score (nSPS) is 25.6. The van der Waals surface area contributed by atoms with Crippen LogP contribution in [0.5, 0.6) is 5.75 Å². The second kappa shape index (κ2) is 17.3. The molecule has 0 aliphatic carbocycles. The van der Waals surface area contributed by atoms with Crippen molar-refractivity contribution >= 4 is 30.9 Å². The van der Waals surface area contributed by atoms with Crippen molar-refractivity contribution in [2.75, 3.05) is 20.3 Å². The molecule has 10 nitrogen and oxygen atoms in total. The fourth-order valence-electron chi connectivity index (χ4n) is 6.55. The van der Waals surface area contributed by atoms with Gasteiger partial charge in [0, 0.05) is 36.3 Å². The summed E-state index contributed by atoms with van der Waals surface area (Å²) in [5.41, 5.74) is 0.867. The molecular weight excluding hydrogens is 687 g/mol. The molecule has 2 saturated heterocycles. The zero-order chi connectivity index (χ0) is 36.9. The van der Waals surface area contributed by atoms with E-state index in [1.54, 1.807) is 6.20 Å². The monoisotopic (exact) mass is 749 g/mol. The number of esters is 1. The van der Waals surface area contributed by atoms with E-state index in [0.29, 0.717) is 37.9 Å². The number of carbonyl (C=O) groups is 1. The number of methoxy groups -OCH3 is 1. The van der Waals surface area contributed by atoms with Gasteiger partial charge in [0.15, 0.2) is 25.0 Å². The van der Waals surface area contributed by atoms with Crippen LogP contribution in [0.1, 0.15) is 45.3 Å². The number of hydrogen-bond donors (Lipinski definition) is 0. The summed E-state index contributed by atoms with van der Waals surface area (Å²) in [6.45, 7) is 25.7. The van der Waals surface area contributed by atoms with Gasteiger partial charge in [-0.2, -0.15) is 0 Å². The van der Waals surface area contributed by atoms with Crippen LogP contribution in [0.2, 0.25) is 58.9 Å². The van der Waals surface area contributed by atoms with Crippen LogP contribution in [0, 0.1) is 11.8 Å². The van der Waals surface area contributed by atoms with Crippen molar-refractivity contribution in [3.63, 3.8) is 0 Å². The van der Waals surface area contributed by atoms with E-state index < -0.39 is 25.0 Å². The van der Waals surface area contributed by atoms with Crippen molar-refractivity contribution in [3.8, 4) is 17.2 Å². The van der Waals surface area contributed by atoms with Crippen LogP contribution in [-0.2, 0) is 38.7 Å². The Hall–Kier alpha value is -1.85. The topological polar surface area (TPSA) is 111 Å². The van der Waals surface area contributed by atoms with Crippen LogP contribution in [0.15, 0.2) is 34.9 Å². The molecule has 0 saturated carbocycles. The van der Waals surface area contributed by atoms with Gasteiger partial charge in [0.1, 0.15) is 11.5 Å². The highest BCUT2D eigenvalue weighted by Gasteiger charge is 2.51. The zero-order valence-corrected chi connectivity index (χ0v) is 35.6. The average molecular weight is 750 g/mol. The Morgan fingerprint density at radius 1 is 0.900 bits per heavy atom. The summed E-state index contributed by atoms with van der Waals surface area (Å²) in [6, 6.07) is 7.72. The second-order valence-electron chi connectivity index (χ2n) is 16.9. The number of unbranched alkanes of at least 4 members (excludes halogenated alkanes) is 1. The van der Waals surface area contributed by atoms with Crippen molar-refractivity contribution in [1.29, 1.82) is 0 Å². The SMILES string of the molecule is COC(=O)CCCCOc1ccc(-c2ncc(C[C@@H]3OC[C@H](C[C@@H]4O[C@H]4[C@H](C)[C@H](C)O[Si](C)(C)C)[C@@H](O[Si](C)(C)C)[C@@H]3O[Si](C)(C)C)o2)cc1. The van der Waals surface area contributed by atoms with Crippen molar-refractivity contribution in [2.45, 2.75) is 141 Å². The van der Waals surface area contributed by atoms with Crippen LogP contribution >= 0.6 is 0 Å². The van der Waals surface area contributed by atoms with Gasteiger partial charge < -0.3 is 36.6 Å². The first-order chi connectivity index (χ1) is 23.3. The van der Waals surface area contributed by atoms with Gasteiger partial charge in [-0.25, -0.2) is 4.98 Å². The maximum atomic E-state index is 11.3. The summed E-state index contributed by atoms with van der Waals surface area (Å²) in [5.74, 6) is 2.35. The molecule has 50 heavy (non-hydrogen) atoms. The molecule has 0 bridgehead atoms. The number of epoxide rings is 1. The van der Waals surface area contributed by atoms with Crippen LogP contribution in [0.25, 0.3) is 11.5 Å². The Kier molecular flexibility index (Phi) is 14.2. The first-order valence-corrected chi connectivity index (χ1v) is 28.6. The smallest absolute Gasteiger partial charge is 0.305 e. The van der Waals surface area contributed by atoms with Gasteiger partial charge in [-0.15, -0.1) is 0 Å².